The van der Waals surface area contributed by atoms with E-state index < -0.39 is 0 Å². The molecule has 1 saturated carbocycles. The van der Waals surface area contributed by atoms with E-state index in [0.29, 0.717) is 6.04 Å². The van der Waals surface area contributed by atoms with Crippen molar-refractivity contribution in [2.75, 3.05) is 21.3 Å². The fourth-order valence-electron chi connectivity index (χ4n) is 2.92. The Hall–Kier alpha value is -1.18. The molecule has 1 aliphatic rings. The highest BCUT2D eigenvalue weighted by atomic mass is 127. The summed E-state index contributed by atoms with van der Waals surface area (Å²) in [5.74, 6) is 3.30. The topological polar surface area (TPSA) is 54.9 Å². The van der Waals surface area contributed by atoms with Crippen LogP contribution in [-0.4, -0.2) is 33.3 Å². The number of benzene rings is 1. The highest BCUT2D eigenvalue weighted by Gasteiger charge is 2.36. The van der Waals surface area contributed by atoms with Gasteiger partial charge in [-0.25, -0.2) is 0 Å². The van der Waals surface area contributed by atoms with Crippen LogP contribution in [0.25, 0.3) is 0 Å². The maximum Gasteiger partial charge on any atom is 0.191 e. The lowest BCUT2D eigenvalue weighted by Crippen LogP contribution is -2.40. The van der Waals surface area contributed by atoms with Gasteiger partial charge in [-0.2, -0.15) is 0 Å². The Kier molecular flexibility index (Phi) is 8.66. The van der Waals surface area contributed by atoms with E-state index >= 15 is 0 Å². The highest BCUT2D eigenvalue weighted by Crippen LogP contribution is 2.34. The molecular formula is C18H30IN3O2. The standard InChI is InChI=1S/C18H29N3O2.HI/c1-6-7-13-10-16(13)21-18(19-3)20-12(2)15-11-14(22-4)8-9-17(15)23-5;/h8-9,11-13,16H,6-7,10H2,1-5H3,(H2,19,20,21);1H. The van der Waals surface area contributed by atoms with Gasteiger partial charge >= 0.3 is 0 Å². The van der Waals surface area contributed by atoms with E-state index in [9.17, 15) is 0 Å². The Balaban J connectivity index is 0.00000288. The number of rotatable bonds is 7. The molecule has 5 nitrogen and oxygen atoms in total. The summed E-state index contributed by atoms with van der Waals surface area (Å²) in [6.07, 6.45) is 3.77. The summed E-state index contributed by atoms with van der Waals surface area (Å²) in [6.45, 7) is 4.33. The molecule has 2 rings (SSSR count). The molecule has 1 aromatic carbocycles. The van der Waals surface area contributed by atoms with Crippen LogP contribution in [0.1, 0.15) is 44.7 Å². The minimum absolute atomic E-state index is 0. The van der Waals surface area contributed by atoms with Crippen molar-refractivity contribution in [3.63, 3.8) is 0 Å². The first-order chi connectivity index (χ1) is 11.1. The molecule has 0 amide bonds. The van der Waals surface area contributed by atoms with Crippen molar-refractivity contribution in [3.05, 3.63) is 23.8 Å². The number of nitrogens with zero attached hydrogens (tertiary/aromatic N) is 1. The summed E-state index contributed by atoms with van der Waals surface area (Å²) in [4.78, 5) is 4.35. The smallest absolute Gasteiger partial charge is 0.191 e. The third kappa shape index (κ3) is 5.43. The first kappa shape index (κ1) is 20.9. The molecule has 136 valence electrons. The van der Waals surface area contributed by atoms with Gasteiger partial charge < -0.3 is 20.1 Å². The second kappa shape index (κ2) is 9.96. The predicted octanol–water partition coefficient (Wildman–Crippen LogP) is 3.74. The summed E-state index contributed by atoms with van der Waals surface area (Å²) in [5.41, 5.74) is 1.05. The van der Waals surface area contributed by atoms with E-state index in [-0.39, 0.29) is 30.0 Å². The van der Waals surface area contributed by atoms with Crippen molar-refractivity contribution in [2.24, 2.45) is 10.9 Å². The number of methoxy groups -OCH3 is 2. The van der Waals surface area contributed by atoms with Crippen LogP contribution in [0.5, 0.6) is 11.5 Å². The molecule has 6 heteroatoms. The number of ether oxygens (including phenoxy) is 2. The van der Waals surface area contributed by atoms with Crippen LogP contribution >= 0.6 is 24.0 Å². The predicted molar refractivity (Wildman–Crippen MR) is 110 cm³/mol. The number of hydrogen-bond donors (Lipinski definition) is 2. The van der Waals surface area contributed by atoms with Gasteiger partial charge in [-0.05, 0) is 43.9 Å². The fourth-order valence-corrected chi connectivity index (χ4v) is 2.92. The van der Waals surface area contributed by atoms with Crippen LogP contribution in [-0.2, 0) is 0 Å². The molecule has 0 saturated heterocycles. The molecule has 0 bridgehead atoms. The lowest BCUT2D eigenvalue weighted by Gasteiger charge is -2.21. The zero-order valence-electron chi connectivity index (χ0n) is 15.3. The SMILES string of the molecule is CCCC1CC1NC(=NC)NC(C)c1cc(OC)ccc1OC.I. The molecule has 2 N–H and O–H groups in total. The molecule has 0 heterocycles. The average Bonchev–Trinajstić information content (AvgIpc) is 3.31. The Bertz CT molecular complexity index is 551. The van der Waals surface area contributed by atoms with Gasteiger partial charge in [-0.15, -0.1) is 24.0 Å². The first-order valence-corrected chi connectivity index (χ1v) is 8.34. The molecule has 0 aliphatic heterocycles. The molecule has 0 spiro atoms. The van der Waals surface area contributed by atoms with E-state index in [1.807, 2.05) is 25.2 Å². The summed E-state index contributed by atoms with van der Waals surface area (Å²) in [6, 6.07) is 6.46. The van der Waals surface area contributed by atoms with Crippen LogP contribution in [0.2, 0.25) is 0 Å². The minimum atomic E-state index is 0. The third-order valence-corrected chi connectivity index (χ3v) is 4.38. The summed E-state index contributed by atoms with van der Waals surface area (Å²) in [5, 5.41) is 6.96. The van der Waals surface area contributed by atoms with E-state index in [1.165, 1.54) is 19.3 Å². The molecule has 1 aromatic rings. The maximum absolute atomic E-state index is 5.47. The van der Waals surface area contributed by atoms with E-state index in [2.05, 4.69) is 29.5 Å². The Labute approximate surface area is 162 Å². The first-order valence-electron chi connectivity index (χ1n) is 8.34. The monoisotopic (exact) mass is 447 g/mol. The van der Waals surface area contributed by atoms with Crippen LogP contribution in [0.3, 0.4) is 0 Å². The van der Waals surface area contributed by atoms with Crippen LogP contribution < -0.4 is 20.1 Å². The minimum Gasteiger partial charge on any atom is -0.497 e. The second-order valence-electron chi connectivity index (χ2n) is 6.08. The summed E-state index contributed by atoms with van der Waals surface area (Å²) in [7, 11) is 5.16. The number of nitrogens with one attached hydrogen (secondary N) is 2. The Morgan fingerprint density at radius 2 is 2.08 bits per heavy atom. The average molecular weight is 447 g/mol. The van der Waals surface area contributed by atoms with Crippen molar-refractivity contribution in [3.8, 4) is 11.5 Å². The summed E-state index contributed by atoms with van der Waals surface area (Å²) >= 11 is 0. The molecule has 1 fully saturated rings. The van der Waals surface area contributed by atoms with Crippen molar-refractivity contribution in [1.82, 2.24) is 10.6 Å². The largest absolute Gasteiger partial charge is 0.497 e. The van der Waals surface area contributed by atoms with Gasteiger partial charge in [0.05, 0.1) is 20.3 Å². The van der Waals surface area contributed by atoms with Gasteiger partial charge in [0.2, 0.25) is 0 Å². The lowest BCUT2D eigenvalue weighted by atomic mass is 10.1. The highest BCUT2D eigenvalue weighted by molar-refractivity contribution is 14.0. The molecule has 3 atom stereocenters. The Morgan fingerprint density at radius 3 is 2.67 bits per heavy atom. The third-order valence-electron chi connectivity index (χ3n) is 4.38. The molecule has 24 heavy (non-hydrogen) atoms. The maximum atomic E-state index is 5.47. The zero-order valence-corrected chi connectivity index (χ0v) is 17.6. The van der Waals surface area contributed by atoms with Crippen LogP contribution in [0, 0.1) is 5.92 Å². The van der Waals surface area contributed by atoms with Gasteiger partial charge in [0, 0.05) is 18.7 Å². The molecule has 0 radical (unpaired) electrons. The fraction of sp³-hybridized carbons (Fsp3) is 0.611. The molecule has 3 unspecified atom stereocenters. The van der Waals surface area contributed by atoms with Crippen molar-refractivity contribution in [2.45, 2.75) is 45.2 Å². The van der Waals surface area contributed by atoms with Gasteiger partial charge in [0.1, 0.15) is 11.5 Å². The quantitative estimate of drug-likeness (QED) is 0.380. The van der Waals surface area contributed by atoms with Gasteiger partial charge in [0.15, 0.2) is 5.96 Å². The Morgan fingerprint density at radius 1 is 1.33 bits per heavy atom. The molecular weight excluding hydrogens is 417 g/mol. The number of aliphatic imine (C=N–C) groups is 1. The van der Waals surface area contributed by atoms with Crippen molar-refractivity contribution >= 4 is 29.9 Å². The van der Waals surface area contributed by atoms with E-state index in [0.717, 1.165) is 28.9 Å². The van der Waals surface area contributed by atoms with Crippen molar-refractivity contribution in [1.29, 1.82) is 0 Å². The summed E-state index contributed by atoms with van der Waals surface area (Å²) < 4.78 is 10.8. The number of halogens is 1. The normalized spacial score (nSPS) is 20.6. The lowest BCUT2D eigenvalue weighted by molar-refractivity contribution is 0.394. The molecule has 1 aliphatic carbocycles. The van der Waals surface area contributed by atoms with Crippen LogP contribution in [0.4, 0.5) is 0 Å². The number of hydrogen-bond acceptors (Lipinski definition) is 3. The molecule has 0 aromatic heterocycles. The van der Waals surface area contributed by atoms with Gasteiger partial charge in [0.25, 0.3) is 0 Å². The second-order valence-corrected chi connectivity index (χ2v) is 6.08. The van der Waals surface area contributed by atoms with Crippen molar-refractivity contribution < 1.29 is 9.47 Å². The van der Waals surface area contributed by atoms with E-state index in [4.69, 9.17) is 9.47 Å². The van der Waals surface area contributed by atoms with Crippen LogP contribution in [0.15, 0.2) is 23.2 Å². The van der Waals surface area contributed by atoms with Gasteiger partial charge in [-0.1, -0.05) is 13.3 Å². The van der Waals surface area contributed by atoms with E-state index in [1.54, 1.807) is 14.2 Å². The number of guanidine groups is 1. The zero-order chi connectivity index (χ0) is 16.8. The van der Waals surface area contributed by atoms with Gasteiger partial charge in [-0.3, -0.25) is 4.99 Å².